The van der Waals surface area contributed by atoms with Gasteiger partial charge < -0.3 is 9.47 Å². The molecule has 1 aromatic heterocycles. The normalized spacial score (nSPS) is 9.83. The SMILES string of the molecule is COc1ccc(-c2cnn(CC#N)c2)c(OC)c1. The Morgan fingerprint density at radius 3 is 2.83 bits per heavy atom. The van der Waals surface area contributed by atoms with Crippen LogP contribution in [0.5, 0.6) is 11.5 Å². The summed E-state index contributed by atoms with van der Waals surface area (Å²) in [6.07, 6.45) is 3.52. The predicted octanol–water partition coefficient (Wildman–Crippen LogP) is 2.09. The predicted molar refractivity (Wildman–Crippen MR) is 66.4 cm³/mol. The third-order valence-corrected chi connectivity index (χ3v) is 2.59. The van der Waals surface area contributed by atoms with E-state index in [0.29, 0.717) is 5.75 Å². The maximum atomic E-state index is 8.62. The average molecular weight is 243 g/mol. The second kappa shape index (κ2) is 5.23. The first-order chi connectivity index (χ1) is 8.78. The number of benzene rings is 1. The number of hydrogen-bond donors (Lipinski definition) is 0. The van der Waals surface area contributed by atoms with Gasteiger partial charge in [0.2, 0.25) is 0 Å². The molecular weight excluding hydrogens is 230 g/mol. The average Bonchev–Trinajstić information content (AvgIpc) is 2.87. The quantitative estimate of drug-likeness (QED) is 0.825. The van der Waals surface area contributed by atoms with Crippen LogP contribution in [0.3, 0.4) is 0 Å². The molecule has 0 aliphatic rings. The molecule has 18 heavy (non-hydrogen) atoms. The molecule has 1 heterocycles. The number of ether oxygens (including phenoxy) is 2. The lowest BCUT2D eigenvalue weighted by atomic mass is 10.1. The van der Waals surface area contributed by atoms with Crippen molar-refractivity contribution in [2.45, 2.75) is 6.54 Å². The zero-order valence-corrected chi connectivity index (χ0v) is 10.3. The lowest BCUT2D eigenvalue weighted by molar-refractivity contribution is 0.395. The van der Waals surface area contributed by atoms with Crippen molar-refractivity contribution in [1.82, 2.24) is 9.78 Å². The molecule has 0 saturated heterocycles. The summed E-state index contributed by atoms with van der Waals surface area (Å²) in [6.45, 7) is 0.235. The fraction of sp³-hybridized carbons (Fsp3) is 0.231. The van der Waals surface area contributed by atoms with Crippen molar-refractivity contribution in [3.8, 4) is 28.7 Å². The van der Waals surface area contributed by atoms with Gasteiger partial charge in [0.15, 0.2) is 0 Å². The van der Waals surface area contributed by atoms with E-state index in [4.69, 9.17) is 14.7 Å². The van der Waals surface area contributed by atoms with E-state index >= 15 is 0 Å². The van der Waals surface area contributed by atoms with Crippen LogP contribution < -0.4 is 9.47 Å². The molecule has 0 fully saturated rings. The van der Waals surface area contributed by atoms with Gasteiger partial charge >= 0.3 is 0 Å². The third kappa shape index (κ3) is 2.28. The van der Waals surface area contributed by atoms with Crippen molar-refractivity contribution < 1.29 is 9.47 Å². The minimum absolute atomic E-state index is 0.235. The Morgan fingerprint density at radius 1 is 1.33 bits per heavy atom. The summed E-state index contributed by atoms with van der Waals surface area (Å²) < 4.78 is 12.1. The molecule has 0 N–H and O–H groups in total. The summed E-state index contributed by atoms with van der Waals surface area (Å²) in [5.74, 6) is 1.45. The van der Waals surface area contributed by atoms with Crippen LogP contribution in [0.1, 0.15) is 0 Å². The topological polar surface area (TPSA) is 60.1 Å². The summed E-state index contributed by atoms with van der Waals surface area (Å²) >= 11 is 0. The Morgan fingerprint density at radius 2 is 2.17 bits per heavy atom. The Kier molecular flexibility index (Phi) is 3.49. The Balaban J connectivity index is 2.40. The maximum absolute atomic E-state index is 8.62. The Labute approximate surface area is 105 Å². The number of nitriles is 1. The van der Waals surface area contributed by atoms with Crippen LogP contribution in [0.4, 0.5) is 0 Å². The summed E-state index contributed by atoms with van der Waals surface area (Å²) in [5.41, 5.74) is 1.83. The van der Waals surface area contributed by atoms with E-state index in [1.54, 1.807) is 25.1 Å². The summed E-state index contributed by atoms with van der Waals surface area (Å²) in [6, 6.07) is 7.63. The highest BCUT2D eigenvalue weighted by atomic mass is 16.5. The molecule has 2 rings (SSSR count). The second-order valence-corrected chi connectivity index (χ2v) is 3.65. The van der Waals surface area contributed by atoms with E-state index in [9.17, 15) is 0 Å². The third-order valence-electron chi connectivity index (χ3n) is 2.59. The van der Waals surface area contributed by atoms with Gasteiger partial charge in [-0.2, -0.15) is 10.4 Å². The van der Waals surface area contributed by atoms with Crippen molar-refractivity contribution in [2.75, 3.05) is 14.2 Å². The molecule has 5 nitrogen and oxygen atoms in total. The molecule has 1 aromatic carbocycles. The van der Waals surface area contributed by atoms with Crippen LogP contribution in [-0.2, 0) is 6.54 Å². The van der Waals surface area contributed by atoms with Gasteiger partial charge in [0.05, 0.1) is 26.5 Å². The lowest BCUT2D eigenvalue weighted by Gasteiger charge is -2.08. The number of nitrogens with zero attached hydrogens (tertiary/aromatic N) is 3. The first-order valence-electron chi connectivity index (χ1n) is 5.40. The van der Waals surface area contributed by atoms with Crippen molar-refractivity contribution in [2.24, 2.45) is 0 Å². The standard InChI is InChI=1S/C13H13N3O2/c1-17-11-3-4-12(13(7-11)18-2)10-8-15-16(9-10)6-5-14/h3-4,7-9H,6H2,1-2H3. The minimum Gasteiger partial charge on any atom is -0.497 e. The zero-order chi connectivity index (χ0) is 13.0. The highest BCUT2D eigenvalue weighted by molar-refractivity contribution is 5.70. The lowest BCUT2D eigenvalue weighted by Crippen LogP contribution is -1.94. The summed E-state index contributed by atoms with van der Waals surface area (Å²) in [5, 5.41) is 12.7. The molecule has 0 unspecified atom stereocenters. The van der Waals surface area contributed by atoms with Crippen LogP contribution in [0.25, 0.3) is 11.1 Å². The first kappa shape index (κ1) is 12.0. The minimum atomic E-state index is 0.235. The molecule has 2 aromatic rings. The Hall–Kier alpha value is -2.48. The van der Waals surface area contributed by atoms with Crippen LogP contribution in [-0.4, -0.2) is 24.0 Å². The van der Waals surface area contributed by atoms with Gasteiger partial charge in [-0.25, -0.2) is 0 Å². The molecule has 0 spiro atoms. The molecule has 0 atom stereocenters. The number of hydrogen-bond acceptors (Lipinski definition) is 4. The van der Waals surface area contributed by atoms with E-state index in [2.05, 4.69) is 5.10 Å². The van der Waals surface area contributed by atoms with Crippen molar-refractivity contribution in [1.29, 1.82) is 5.26 Å². The highest BCUT2D eigenvalue weighted by Crippen LogP contribution is 2.32. The number of rotatable bonds is 4. The molecule has 0 aliphatic heterocycles. The molecular formula is C13H13N3O2. The van der Waals surface area contributed by atoms with E-state index < -0.39 is 0 Å². The van der Waals surface area contributed by atoms with Gasteiger partial charge in [-0.15, -0.1) is 0 Å². The fourth-order valence-corrected chi connectivity index (χ4v) is 1.70. The van der Waals surface area contributed by atoms with E-state index in [1.165, 1.54) is 0 Å². The smallest absolute Gasteiger partial charge is 0.130 e. The highest BCUT2D eigenvalue weighted by Gasteiger charge is 2.09. The molecule has 0 bridgehead atoms. The monoisotopic (exact) mass is 243 g/mol. The number of methoxy groups -OCH3 is 2. The molecule has 0 amide bonds. The molecule has 0 radical (unpaired) electrons. The maximum Gasteiger partial charge on any atom is 0.130 e. The van der Waals surface area contributed by atoms with Crippen molar-refractivity contribution in [3.05, 3.63) is 30.6 Å². The summed E-state index contributed by atoms with van der Waals surface area (Å²) in [7, 11) is 3.22. The van der Waals surface area contributed by atoms with Gasteiger partial charge in [0.1, 0.15) is 18.0 Å². The summed E-state index contributed by atoms with van der Waals surface area (Å²) in [4.78, 5) is 0. The van der Waals surface area contributed by atoms with Crippen LogP contribution in [0.2, 0.25) is 0 Å². The van der Waals surface area contributed by atoms with Gasteiger partial charge in [-0.1, -0.05) is 0 Å². The van der Waals surface area contributed by atoms with Crippen LogP contribution in [0.15, 0.2) is 30.6 Å². The number of aromatic nitrogens is 2. The van der Waals surface area contributed by atoms with Gasteiger partial charge in [0.25, 0.3) is 0 Å². The molecule has 5 heteroatoms. The van der Waals surface area contributed by atoms with Gasteiger partial charge in [0, 0.05) is 23.4 Å². The second-order valence-electron chi connectivity index (χ2n) is 3.65. The van der Waals surface area contributed by atoms with E-state index in [1.807, 2.05) is 30.5 Å². The van der Waals surface area contributed by atoms with E-state index in [0.717, 1.165) is 16.9 Å². The molecule has 0 aliphatic carbocycles. The molecule has 0 saturated carbocycles. The molecule has 92 valence electrons. The fourth-order valence-electron chi connectivity index (χ4n) is 1.70. The van der Waals surface area contributed by atoms with E-state index in [-0.39, 0.29) is 6.54 Å². The first-order valence-corrected chi connectivity index (χ1v) is 5.40. The van der Waals surface area contributed by atoms with Gasteiger partial charge in [-0.3, -0.25) is 4.68 Å². The van der Waals surface area contributed by atoms with Crippen LogP contribution in [0, 0.1) is 11.3 Å². The van der Waals surface area contributed by atoms with Crippen molar-refractivity contribution >= 4 is 0 Å². The zero-order valence-electron chi connectivity index (χ0n) is 10.3. The van der Waals surface area contributed by atoms with Gasteiger partial charge in [-0.05, 0) is 12.1 Å². The van der Waals surface area contributed by atoms with Crippen LogP contribution >= 0.6 is 0 Å². The Bertz CT molecular complexity index is 584. The largest absolute Gasteiger partial charge is 0.497 e. The van der Waals surface area contributed by atoms with Crippen molar-refractivity contribution in [3.63, 3.8) is 0 Å².